The number of nitrogens with one attached hydrogen (secondary N) is 1. The lowest BCUT2D eigenvalue weighted by molar-refractivity contribution is 0.585. The van der Waals surface area contributed by atoms with Crippen molar-refractivity contribution in [1.82, 2.24) is 4.98 Å². The molecule has 0 radical (unpaired) electrons. The van der Waals surface area contributed by atoms with E-state index in [9.17, 15) is 17.2 Å². The van der Waals surface area contributed by atoms with E-state index in [0.717, 1.165) is 23.6 Å². The molecule has 0 aliphatic rings. The summed E-state index contributed by atoms with van der Waals surface area (Å²) < 4.78 is 52.2. The minimum atomic E-state index is -3.96. The molecule has 1 aromatic heterocycles. The SMILES string of the molecule is Cc1ncc(S(=O)(=O)Nc2cc(N)c(F)cc2F)s1. The summed E-state index contributed by atoms with van der Waals surface area (Å²) in [4.78, 5) is 3.80. The average molecular weight is 305 g/mol. The van der Waals surface area contributed by atoms with Gasteiger partial charge in [0.25, 0.3) is 10.0 Å². The van der Waals surface area contributed by atoms with Gasteiger partial charge in [-0.25, -0.2) is 22.2 Å². The molecule has 0 amide bonds. The molecule has 0 aliphatic heterocycles. The predicted molar refractivity (Wildman–Crippen MR) is 68.4 cm³/mol. The smallest absolute Gasteiger partial charge is 0.273 e. The largest absolute Gasteiger partial charge is 0.396 e. The van der Waals surface area contributed by atoms with E-state index >= 15 is 0 Å². The quantitative estimate of drug-likeness (QED) is 0.851. The first-order valence-electron chi connectivity index (χ1n) is 4.99. The normalized spacial score (nSPS) is 11.5. The second-order valence-corrected chi connectivity index (χ2v) is 6.80. The summed E-state index contributed by atoms with van der Waals surface area (Å²) in [5, 5.41) is 0.555. The first-order valence-corrected chi connectivity index (χ1v) is 7.29. The molecule has 9 heteroatoms. The molecule has 0 bridgehead atoms. The zero-order valence-corrected chi connectivity index (χ0v) is 11.3. The molecule has 2 aromatic rings. The van der Waals surface area contributed by atoms with Crippen molar-refractivity contribution in [2.45, 2.75) is 11.1 Å². The van der Waals surface area contributed by atoms with Crippen LogP contribution in [0.2, 0.25) is 0 Å². The van der Waals surface area contributed by atoms with Crippen LogP contribution in [-0.4, -0.2) is 13.4 Å². The van der Waals surface area contributed by atoms with Crippen LogP contribution in [0.25, 0.3) is 0 Å². The zero-order valence-electron chi connectivity index (χ0n) is 9.65. The van der Waals surface area contributed by atoms with Gasteiger partial charge >= 0.3 is 0 Å². The highest BCUT2D eigenvalue weighted by Crippen LogP contribution is 2.25. The van der Waals surface area contributed by atoms with Crippen molar-refractivity contribution in [1.29, 1.82) is 0 Å². The van der Waals surface area contributed by atoms with Crippen LogP contribution in [0.4, 0.5) is 20.2 Å². The van der Waals surface area contributed by atoms with Crippen LogP contribution in [0.5, 0.6) is 0 Å². The molecule has 5 nitrogen and oxygen atoms in total. The summed E-state index contributed by atoms with van der Waals surface area (Å²) in [6.45, 7) is 1.64. The number of rotatable bonds is 3. The van der Waals surface area contributed by atoms with E-state index in [0.29, 0.717) is 11.1 Å². The van der Waals surface area contributed by atoms with Gasteiger partial charge in [0, 0.05) is 6.07 Å². The van der Waals surface area contributed by atoms with Gasteiger partial charge in [0.1, 0.15) is 11.6 Å². The third-order valence-corrected chi connectivity index (χ3v) is 4.94. The number of anilines is 2. The zero-order chi connectivity index (χ0) is 14.2. The number of halogens is 2. The number of hydrogen-bond acceptors (Lipinski definition) is 5. The van der Waals surface area contributed by atoms with E-state index in [1.165, 1.54) is 0 Å². The molecule has 0 aliphatic carbocycles. The molecule has 1 heterocycles. The van der Waals surface area contributed by atoms with Gasteiger partial charge in [-0.3, -0.25) is 4.72 Å². The van der Waals surface area contributed by atoms with Gasteiger partial charge in [-0.1, -0.05) is 0 Å². The fourth-order valence-corrected chi connectivity index (χ4v) is 3.47. The Morgan fingerprint density at radius 2 is 2.00 bits per heavy atom. The van der Waals surface area contributed by atoms with Gasteiger partial charge < -0.3 is 5.73 Å². The van der Waals surface area contributed by atoms with Crippen LogP contribution in [0.1, 0.15) is 5.01 Å². The summed E-state index contributed by atoms with van der Waals surface area (Å²) in [6.07, 6.45) is 1.16. The molecular formula is C10H9F2N3O2S2. The van der Waals surface area contributed by atoms with Crippen molar-refractivity contribution in [3.8, 4) is 0 Å². The van der Waals surface area contributed by atoms with Crippen molar-refractivity contribution >= 4 is 32.7 Å². The molecule has 19 heavy (non-hydrogen) atoms. The van der Waals surface area contributed by atoms with E-state index < -0.39 is 27.3 Å². The van der Waals surface area contributed by atoms with Crippen LogP contribution in [-0.2, 0) is 10.0 Å². The third-order valence-electron chi connectivity index (χ3n) is 2.20. The molecule has 0 atom stereocenters. The van der Waals surface area contributed by atoms with Crippen LogP contribution < -0.4 is 10.5 Å². The first kappa shape index (κ1) is 13.7. The average Bonchev–Trinajstić information content (AvgIpc) is 2.73. The van der Waals surface area contributed by atoms with Crippen molar-refractivity contribution in [2.75, 3.05) is 10.5 Å². The van der Waals surface area contributed by atoms with E-state index in [1.807, 2.05) is 4.72 Å². The molecule has 0 unspecified atom stereocenters. The lowest BCUT2D eigenvalue weighted by atomic mass is 10.2. The van der Waals surface area contributed by atoms with Crippen molar-refractivity contribution in [2.24, 2.45) is 0 Å². The molecule has 1 aromatic carbocycles. The topological polar surface area (TPSA) is 85.1 Å². The van der Waals surface area contributed by atoms with Crippen LogP contribution >= 0.6 is 11.3 Å². The number of sulfonamides is 1. The molecule has 2 rings (SSSR count). The third kappa shape index (κ3) is 2.82. The second kappa shape index (κ2) is 4.74. The van der Waals surface area contributed by atoms with Gasteiger partial charge in [-0.2, -0.15) is 0 Å². The molecule has 3 N–H and O–H groups in total. The Labute approximate surface area is 112 Å². The molecule has 0 fully saturated rings. The molecule has 102 valence electrons. The van der Waals surface area contributed by atoms with E-state index in [2.05, 4.69) is 4.98 Å². The number of thiazole rings is 1. The predicted octanol–water partition coefficient (Wildman–Crippen LogP) is 2.11. The maximum Gasteiger partial charge on any atom is 0.273 e. The fraction of sp³-hybridized carbons (Fsp3) is 0.100. The Balaban J connectivity index is 2.38. The lowest BCUT2D eigenvalue weighted by Crippen LogP contribution is -2.13. The van der Waals surface area contributed by atoms with Gasteiger partial charge in [-0.15, -0.1) is 11.3 Å². The van der Waals surface area contributed by atoms with E-state index in [-0.39, 0.29) is 9.90 Å². The number of aromatic nitrogens is 1. The molecular weight excluding hydrogens is 296 g/mol. The Hall–Kier alpha value is -1.74. The highest BCUT2D eigenvalue weighted by atomic mass is 32.2. The van der Waals surface area contributed by atoms with Crippen LogP contribution in [0.15, 0.2) is 22.5 Å². The summed E-state index contributed by atoms with van der Waals surface area (Å²) >= 11 is 0.938. The van der Waals surface area contributed by atoms with Crippen LogP contribution in [0.3, 0.4) is 0 Å². The Morgan fingerprint density at radius 1 is 1.32 bits per heavy atom. The highest BCUT2D eigenvalue weighted by Gasteiger charge is 2.20. The molecule has 0 spiro atoms. The summed E-state index contributed by atoms with van der Waals surface area (Å²) in [5.41, 5.74) is 4.51. The first-order chi connectivity index (χ1) is 8.79. The van der Waals surface area contributed by atoms with Crippen molar-refractivity contribution < 1.29 is 17.2 Å². The summed E-state index contributed by atoms with van der Waals surface area (Å²) in [7, 11) is -3.96. The Kier molecular flexibility index (Phi) is 3.42. The fourth-order valence-electron chi connectivity index (χ4n) is 1.31. The van der Waals surface area contributed by atoms with Crippen molar-refractivity contribution in [3.05, 3.63) is 35.0 Å². The summed E-state index contributed by atoms with van der Waals surface area (Å²) in [5.74, 6) is -1.99. The standard InChI is InChI=1S/C10H9F2N3O2S2/c1-5-14-4-10(18-5)19(16,17)15-9-3-8(13)6(11)2-7(9)12/h2-4,15H,13H2,1H3. The number of nitrogens with two attached hydrogens (primary N) is 1. The number of benzene rings is 1. The number of aryl methyl sites for hydroxylation is 1. The van der Waals surface area contributed by atoms with Crippen LogP contribution in [0, 0.1) is 18.6 Å². The minimum Gasteiger partial charge on any atom is -0.396 e. The number of hydrogen-bond donors (Lipinski definition) is 2. The lowest BCUT2D eigenvalue weighted by Gasteiger charge is -2.08. The number of nitrogen functional groups attached to an aromatic ring is 1. The van der Waals surface area contributed by atoms with Gasteiger partial charge in [0.15, 0.2) is 4.21 Å². The second-order valence-electron chi connectivity index (χ2n) is 3.66. The Morgan fingerprint density at radius 3 is 2.58 bits per heavy atom. The maximum absolute atomic E-state index is 13.4. The molecule has 0 saturated heterocycles. The maximum atomic E-state index is 13.4. The van der Waals surface area contributed by atoms with E-state index in [1.54, 1.807) is 6.92 Å². The van der Waals surface area contributed by atoms with Crippen molar-refractivity contribution in [3.63, 3.8) is 0 Å². The monoisotopic (exact) mass is 305 g/mol. The number of nitrogens with zero attached hydrogens (tertiary/aromatic N) is 1. The molecule has 0 saturated carbocycles. The van der Waals surface area contributed by atoms with Gasteiger partial charge in [0.05, 0.1) is 22.6 Å². The van der Waals surface area contributed by atoms with E-state index in [4.69, 9.17) is 5.73 Å². The highest BCUT2D eigenvalue weighted by molar-refractivity contribution is 7.94. The Bertz CT molecular complexity index is 728. The van der Waals surface area contributed by atoms with Gasteiger partial charge in [-0.05, 0) is 13.0 Å². The minimum absolute atomic E-state index is 0.0627. The summed E-state index contributed by atoms with van der Waals surface area (Å²) in [6, 6.07) is 1.40. The van der Waals surface area contributed by atoms with Gasteiger partial charge in [0.2, 0.25) is 0 Å².